The molecular weight excluding hydrogens is 457 g/mol. The first kappa shape index (κ1) is 21.6. The molecule has 0 bridgehead atoms. The van der Waals surface area contributed by atoms with Gasteiger partial charge in [-0.05, 0) is 47.5 Å². The number of anilines is 1. The van der Waals surface area contributed by atoms with Crippen LogP contribution in [0.15, 0.2) is 89.2 Å². The smallest absolute Gasteiger partial charge is 0.265 e. The molecule has 3 N–H and O–H groups in total. The van der Waals surface area contributed by atoms with Crippen molar-refractivity contribution in [1.82, 2.24) is 0 Å². The average molecular weight is 476 g/mol. The molecule has 0 unspecified atom stereocenters. The van der Waals surface area contributed by atoms with E-state index >= 15 is 0 Å². The van der Waals surface area contributed by atoms with Crippen molar-refractivity contribution in [1.29, 1.82) is 5.26 Å². The van der Waals surface area contributed by atoms with E-state index in [4.69, 9.17) is 10.5 Å². The van der Waals surface area contributed by atoms with Crippen molar-refractivity contribution in [2.24, 2.45) is 5.73 Å². The van der Waals surface area contributed by atoms with Gasteiger partial charge in [-0.1, -0.05) is 36.4 Å². The van der Waals surface area contributed by atoms with E-state index in [1.54, 1.807) is 36.4 Å². The van der Waals surface area contributed by atoms with Gasteiger partial charge in [-0.25, -0.2) is 12.8 Å². The lowest BCUT2D eigenvalue weighted by atomic mass is 9.88. The van der Waals surface area contributed by atoms with Gasteiger partial charge in [0.15, 0.2) is 5.76 Å². The summed E-state index contributed by atoms with van der Waals surface area (Å²) in [6.07, 6.45) is 0. The van der Waals surface area contributed by atoms with Crippen LogP contribution in [0.2, 0.25) is 0 Å². The molecule has 1 atom stereocenters. The first-order valence-electron chi connectivity index (χ1n) is 10.3. The summed E-state index contributed by atoms with van der Waals surface area (Å²) in [5.74, 6) is -1.77. The van der Waals surface area contributed by atoms with Crippen molar-refractivity contribution in [3.05, 3.63) is 112 Å². The Kier molecular flexibility index (Phi) is 5.03. The molecule has 7 nitrogen and oxygen atoms in total. The van der Waals surface area contributed by atoms with Crippen LogP contribution in [0.25, 0.3) is 5.76 Å². The number of rotatable bonds is 3. The van der Waals surface area contributed by atoms with Gasteiger partial charge in [-0.3, -0.25) is 4.31 Å². The molecule has 0 spiro atoms. The van der Waals surface area contributed by atoms with E-state index in [-0.39, 0.29) is 34.4 Å². The van der Waals surface area contributed by atoms with Crippen LogP contribution < -0.4 is 10.0 Å². The molecule has 170 valence electrons. The zero-order chi connectivity index (χ0) is 24.0. The van der Waals surface area contributed by atoms with Gasteiger partial charge in [0, 0.05) is 5.56 Å². The van der Waals surface area contributed by atoms with Crippen LogP contribution in [0.5, 0.6) is 5.75 Å². The Morgan fingerprint density at radius 2 is 1.82 bits per heavy atom. The van der Waals surface area contributed by atoms with Crippen molar-refractivity contribution in [3.63, 3.8) is 0 Å². The Balaban J connectivity index is 1.76. The predicted octanol–water partition coefficient (Wildman–Crippen LogP) is 4.06. The van der Waals surface area contributed by atoms with Crippen molar-refractivity contribution < 1.29 is 22.7 Å². The topological polar surface area (TPSA) is 117 Å². The first-order valence-corrected chi connectivity index (χ1v) is 11.7. The van der Waals surface area contributed by atoms with E-state index in [1.165, 1.54) is 40.7 Å². The van der Waals surface area contributed by atoms with Crippen LogP contribution in [-0.2, 0) is 21.3 Å². The van der Waals surface area contributed by atoms with E-state index in [9.17, 15) is 23.2 Å². The fraction of sp³-hybridized carbons (Fsp3) is 0.0800. The fourth-order valence-corrected chi connectivity index (χ4v) is 6.18. The Labute approximate surface area is 195 Å². The molecule has 0 aliphatic carbocycles. The Bertz CT molecular complexity index is 1520. The lowest BCUT2D eigenvalue weighted by Crippen LogP contribution is -2.39. The number of halogens is 1. The van der Waals surface area contributed by atoms with Crippen LogP contribution in [0.1, 0.15) is 22.6 Å². The summed E-state index contributed by atoms with van der Waals surface area (Å²) >= 11 is 0. The molecule has 9 heteroatoms. The molecule has 5 rings (SSSR count). The van der Waals surface area contributed by atoms with Gasteiger partial charge in [-0.2, -0.15) is 5.26 Å². The van der Waals surface area contributed by atoms with Crippen LogP contribution in [-0.4, -0.2) is 13.5 Å². The maximum absolute atomic E-state index is 14.1. The summed E-state index contributed by atoms with van der Waals surface area (Å²) in [6, 6.07) is 20.3. The number of fused-ring (bicyclic) bond motifs is 2. The second-order valence-corrected chi connectivity index (χ2v) is 9.70. The lowest BCUT2D eigenvalue weighted by Gasteiger charge is -2.38. The van der Waals surface area contributed by atoms with Crippen molar-refractivity contribution in [2.75, 3.05) is 4.31 Å². The number of hydrogen-bond acceptors (Lipinski definition) is 6. The zero-order valence-electron chi connectivity index (χ0n) is 17.6. The van der Waals surface area contributed by atoms with E-state index in [0.717, 1.165) is 0 Å². The molecule has 0 aromatic heterocycles. The number of aromatic hydroxyl groups is 1. The normalized spacial score (nSPS) is 18.6. The molecule has 2 heterocycles. The molecule has 2 aliphatic rings. The third-order valence-corrected chi connectivity index (χ3v) is 7.68. The molecule has 2 aliphatic heterocycles. The summed E-state index contributed by atoms with van der Waals surface area (Å²) in [5, 5.41) is 19.9. The summed E-state index contributed by atoms with van der Waals surface area (Å²) in [7, 11) is -4.25. The molecule has 0 fully saturated rings. The highest BCUT2D eigenvalue weighted by Crippen LogP contribution is 2.51. The lowest BCUT2D eigenvalue weighted by molar-refractivity contribution is 0.357. The van der Waals surface area contributed by atoms with Crippen molar-refractivity contribution in [3.8, 4) is 11.8 Å². The van der Waals surface area contributed by atoms with Crippen molar-refractivity contribution in [2.45, 2.75) is 12.5 Å². The minimum Gasteiger partial charge on any atom is -0.508 e. The van der Waals surface area contributed by atoms with Crippen LogP contribution >= 0.6 is 0 Å². The molecule has 3 aromatic rings. The highest BCUT2D eigenvalue weighted by Gasteiger charge is 2.47. The summed E-state index contributed by atoms with van der Waals surface area (Å²) in [4.78, 5) is -0.148. The van der Waals surface area contributed by atoms with Gasteiger partial charge < -0.3 is 15.6 Å². The maximum Gasteiger partial charge on any atom is 0.265 e. The molecule has 0 saturated carbocycles. The summed E-state index contributed by atoms with van der Waals surface area (Å²) < 4.78 is 48.6. The minimum absolute atomic E-state index is 0.0378. The first-order chi connectivity index (χ1) is 16.3. The van der Waals surface area contributed by atoms with Gasteiger partial charge in [-0.15, -0.1) is 0 Å². The largest absolute Gasteiger partial charge is 0.508 e. The summed E-state index contributed by atoms with van der Waals surface area (Å²) in [5.41, 5.74) is 7.80. The zero-order valence-corrected chi connectivity index (χ0v) is 18.5. The van der Waals surface area contributed by atoms with E-state index in [0.29, 0.717) is 22.4 Å². The highest BCUT2D eigenvalue weighted by molar-refractivity contribution is 7.96. The third-order valence-electron chi connectivity index (χ3n) is 5.80. The summed E-state index contributed by atoms with van der Waals surface area (Å²) in [6.45, 7) is -0.0652. The molecule has 34 heavy (non-hydrogen) atoms. The molecule has 0 saturated heterocycles. The number of ether oxygens (including phenoxy) is 1. The number of phenolic OH excluding ortho intramolecular Hbond substituents is 1. The monoisotopic (exact) mass is 475 g/mol. The SMILES string of the molecule is N#CC1=C(N)OC2=C([C@H]1c1cccc(O)c1)S(=O)(=O)N(Cc1ccc(F)cc1)c1ccccc12. The van der Waals surface area contributed by atoms with E-state index in [2.05, 4.69) is 0 Å². The number of nitrogens with zero attached hydrogens (tertiary/aromatic N) is 2. The van der Waals surface area contributed by atoms with Crippen molar-refractivity contribution >= 4 is 21.5 Å². The number of hydrogen-bond donors (Lipinski definition) is 2. The molecule has 0 radical (unpaired) electrons. The second-order valence-electron chi connectivity index (χ2n) is 7.87. The standard InChI is InChI=1S/C25H18FN3O4S/c26-17-10-8-15(9-11-17)14-29-21-7-2-1-6-19(21)23-24(34(29,31)32)22(20(13-27)25(28)33-23)16-4-3-5-18(30)12-16/h1-12,22,30H,14,28H2/t22-/m0/s1. The Hall–Kier alpha value is -4.29. The maximum atomic E-state index is 14.1. The quantitative estimate of drug-likeness (QED) is 0.590. The average Bonchev–Trinajstić information content (AvgIpc) is 2.82. The van der Waals surface area contributed by atoms with Gasteiger partial charge in [0.2, 0.25) is 5.88 Å². The predicted molar refractivity (Wildman–Crippen MR) is 124 cm³/mol. The van der Waals surface area contributed by atoms with Gasteiger partial charge in [0.05, 0.1) is 18.2 Å². The number of benzene rings is 3. The fourth-order valence-electron chi connectivity index (χ4n) is 4.27. The van der Waals surface area contributed by atoms with E-state index in [1.807, 2.05) is 6.07 Å². The third kappa shape index (κ3) is 3.36. The highest BCUT2D eigenvalue weighted by atomic mass is 32.2. The van der Waals surface area contributed by atoms with Gasteiger partial charge in [0.25, 0.3) is 10.0 Å². The van der Waals surface area contributed by atoms with E-state index < -0.39 is 21.8 Å². The van der Waals surface area contributed by atoms with Crippen LogP contribution in [0, 0.1) is 17.1 Å². The number of nitrogens with two attached hydrogens (primary N) is 1. The minimum atomic E-state index is -4.25. The molecule has 3 aromatic carbocycles. The number of sulfonamides is 1. The van der Waals surface area contributed by atoms with Crippen LogP contribution in [0.4, 0.5) is 10.1 Å². The second kappa shape index (κ2) is 7.93. The number of phenols is 1. The number of allylic oxidation sites excluding steroid dienone is 2. The van der Waals surface area contributed by atoms with Crippen LogP contribution in [0.3, 0.4) is 0 Å². The molecular formula is C25H18FN3O4S. The number of nitriles is 1. The van der Waals surface area contributed by atoms with Gasteiger partial charge >= 0.3 is 0 Å². The number of para-hydroxylation sites is 1. The van der Waals surface area contributed by atoms with Gasteiger partial charge in [0.1, 0.15) is 28.1 Å². The molecule has 0 amide bonds. The Morgan fingerprint density at radius 3 is 2.53 bits per heavy atom. The Morgan fingerprint density at radius 1 is 1.09 bits per heavy atom.